The summed E-state index contributed by atoms with van der Waals surface area (Å²) in [6.45, 7) is 1.25. The van der Waals surface area contributed by atoms with Gasteiger partial charge in [0.1, 0.15) is 5.82 Å². The summed E-state index contributed by atoms with van der Waals surface area (Å²) in [5.74, 6) is -2.34. The normalized spacial score (nSPS) is 20.4. The van der Waals surface area contributed by atoms with Crippen LogP contribution in [-0.2, 0) is 4.74 Å². The van der Waals surface area contributed by atoms with Crippen LogP contribution in [-0.4, -0.2) is 60.6 Å². The molecule has 0 aliphatic carbocycles. The van der Waals surface area contributed by atoms with Crippen molar-refractivity contribution >= 4 is 5.91 Å². The van der Waals surface area contributed by atoms with Crippen molar-refractivity contribution in [2.24, 2.45) is 0 Å². The fourth-order valence-corrected chi connectivity index (χ4v) is 3.23. The standard InChI is InChI=1S/C19H21F2N3O2/c1-23(2)12-16-18(13-6-4-3-5-7-13)24(8-9-26-16)19(25)17-15(21)10-14(20)11-22-17/h3-7,10-11,16,18H,8-9,12H2,1-2H3/t16-,18-/m0/s1. The number of ether oxygens (including phenoxy) is 1. The lowest BCUT2D eigenvalue weighted by molar-refractivity contribution is -0.0687. The molecule has 1 aliphatic heterocycles. The molecule has 0 radical (unpaired) electrons. The highest BCUT2D eigenvalue weighted by atomic mass is 19.1. The van der Waals surface area contributed by atoms with Crippen LogP contribution in [0.4, 0.5) is 8.78 Å². The number of nitrogens with zero attached hydrogens (tertiary/aromatic N) is 3. The van der Waals surface area contributed by atoms with Crippen LogP contribution in [0.5, 0.6) is 0 Å². The Morgan fingerprint density at radius 2 is 2.04 bits per heavy atom. The Labute approximate surface area is 151 Å². The number of amides is 1. The summed E-state index contributed by atoms with van der Waals surface area (Å²) in [6, 6.07) is 9.78. The number of likely N-dealkylation sites (N-methyl/N-ethyl adjacent to an activating group) is 1. The van der Waals surface area contributed by atoms with Gasteiger partial charge in [-0.15, -0.1) is 0 Å². The summed E-state index contributed by atoms with van der Waals surface area (Å²) in [7, 11) is 3.85. The third-order valence-corrected chi connectivity index (χ3v) is 4.31. The Morgan fingerprint density at radius 1 is 1.31 bits per heavy atom. The molecule has 5 nitrogen and oxygen atoms in total. The molecule has 0 saturated carbocycles. The van der Waals surface area contributed by atoms with E-state index in [1.54, 1.807) is 4.90 Å². The maximum atomic E-state index is 14.1. The van der Waals surface area contributed by atoms with Gasteiger partial charge in [-0.3, -0.25) is 4.79 Å². The van der Waals surface area contributed by atoms with Crippen LogP contribution >= 0.6 is 0 Å². The third kappa shape index (κ3) is 3.89. The first kappa shape index (κ1) is 18.4. The molecule has 1 aliphatic rings. The molecule has 3 rings (SSSR count). The lowest BCUT2D eigenvalue weighted by Crippen LogP contribution is -2.51. The Kier molecular flexibility index (Phi) is 5.58. The summed E-state index contributed by atoms with van der Waals surface area (Å²) in [5, 5.41) is 0. The number of halogens is 2. The number of hydrogen-bond donors (Lipinski definition) is 0. The summed E-state index contributed by atoms with van der Waals surface area (Å²) >= 11 is 0. The van der Waals surface area contributed by atoms with Gasteiger partial charge in [-0.1, -0.05) is 30.3 Å². The highest BCUT2D eigenvalue weighted by molar-refractivity contribution is 5.93. The third-order valence-electron chi connectivity index (χ3n) is 4.31. The molecule has 1 saturated heterocycles. The molecule has 7 heteroatoms. The summed E-state index contributed by atoms with van der Waals surface area (Å²) < 4.78 is 33.2. The van der Waals surface area contributed by atoms with E-state index in [2.05, 4.69) is 4.98 Å². The molecule has 0 unspecified atom stereocenters. The molecule has 0 spiro atoms. The minimum Gasteiger partial charge on any atom is -0.373 e. The lowest BCUT2D eigenvalue weighted by atomic mass is 9.97. The predicted molar refractivity (Wildman–Crippen MR) is 92.7 cm³/mol. The second-order valence-electron chi connectivity index (χ2n) is 6.51. The lowest BCUT2D eigenvalue weighted by Gasteiger charge is -2.42. The van der Waals surface area contributed by atoms with Crippen molar-refractivity contribution in [3.63, 3.8) is 0 Å². The molecule has 2 atom stereocenters. The van der Waals surface area contributed by atoms with E-state index in [0.717, 1.165) is 11.8 Å². The number of carbonyl (C=O) groups is 1. The molecule has 1 aromatic carbocycles. The summed E-state index contributed by atoms with van der Waals surface area (Å²) in [6.07, 6.45) is 0.583. The zero-order chi connectivity index (χ0) is 18.7. The smallest absolute Gasteiger partial charge is 0.276 e. The van der Waals surface area contributed by atoms with Crippen molar-refractivity contribution in [3.8, 4) is 0 Å². The molecule has 0 bridgehead atoms. The van der Waals surface area contributed by atoms with Crippen molar-refractivity contribution in [3.05, 3.63) is 65.5 Å². The van der Waals surface area contributed by atoms with Gasteiger partial charge in [0.15, 0.2) is 11.5 Å². The minimum absolute atomic E-state index is 0.270. The highest BCUT2D eigenvalue weighted by Gasteiger charge is 2.38. The maximum Gasteiger partial charge on any atom is 0.276 e. The van der Waals surface area contributed by atoms with E-state index in [-0.39, 0.29) is 17.8 Å². The highest BCUT2D eigenvalue weighted by Crippen LogP contribution is 2.31. The van der Waals surface area contributed by atoms with Gasteiger partial charge in [-0.05, 0) is 19.7 Å². The summed E-state index contributed by atoms with van der Waals surface area (Å²) in [4.78, 5) is 20.2. The number of rotatable bonds is 4. The first-order valence-corrected chi connectivity index (χ1v) is 8.40. The molecule has 26 heavy (non-hydrogen) atoms. The number of aromatic nitrogens is 1. The van der Waals surface area contributed by atoms with Crippen molar-refractivity contribution in [1.29, 1.82) is 0 Å². The van der Waals surface area contributed by atoms with E-state index in [1.807, 2.05) is 49.3 Å². The molecule has 2 aromatic rings. The zero-order valence-electron chi connectivity index (χ0n) is 14.7. The van der Waals surface area contributed by atoms with Crippen LogP contribution in [0.2, 0.25) is 0 Å². The largest absolute Gasteiger partial charge is 0.373 e. The van der Waals surface area contributed by atoms with Gasteiger partial charge in [0.05, 0.1) is 24.9 Å². The van der Waals surface area contributed by atoms with Crippen molar-refractivity contribution in [2.75, 3.05) is 33.8 Å². The number of pyridine rings is 1. The average Bonchev–Trinajstić information content (AvgIpc) is 2.61. The van der Waals surface area contributed by atoms with Gasteiger partial charge < -0.3 is 14.5 Å². The average molecular weight is 361 g/mol. The van der Waals surface area contributed by atoms with Crippen LogP contribution in [0.15, 0.2) is 42.6 Å². The molecule has 138 valence electrons. The van der Waals surface area contributed by atoms with Gasteiger partial charge in [0, 0.05) is 19.2 Å². The van der Waals surface area contributed by atoms with Gasteiger partial charge in [0.2, 0.25) is 0 Å². The van der Waals surface area contributed by atoms with E-state index < -0.39 is 17.5 Å². The zero-order valence-corrected chi connectivity index (χ0v) is 14.7. The van der Waals surface area contributed by atoms with E-state index in [9.17, 15) is 13.6 Å². The van der Waals surface area contributed by atoms with Crippen LogP contribution in [0.3, 0.4) is 0 Å². The fraction of sp³-hybridized carbons (Fsp3) is 0.368. The van der Waals surface area contributed by atoms with Crippen molar-refractivity contribution in [1.82, 2.24) is 14.8 Å². The Morgan fingerprint density at radius 3 is 2.69 bits per heavy atom. The monoisotopic (exact) mass is 361 g/mol. The number of morpholine rings is 1. The Bertz CT molecular complexity index is 771. The first-order chi connectivity index (χ1) is 12.5. The molecule has 1 aromatic heterocycles. The van der Waals surface area contributed by atoms with Crippen LogP contribution in [0, 0.1) is 11.6 Å². The quantitative estimate of drug-likeness (QED) is 0.840. The van der Waals surface area contributed by atoms with E-state index in [1.165, 1.54) is 0 Å². The topological polar surface area (TPSA) is 45.7 Å². The molecular weight excluding hydrogens is 340 g/mol. The van der Waals surface area contributed by atoms with E-state index in [4.69, 9.17) is 4.74 Å². The van der Waals surface area contributed by atoms with Crippen molar-refractivity contribution in [2.45, 2.75) is 12.1 Å². The van der Waals surface area contributed by atoms with Gasteiger partial charge >= 0.3 is 0 Å². The fourth-order valence-electron chi connectivity index (χ4n) is 3.23. The maximum absolute atomic E-state index is 14.1. The molecule has 1 fully saturated rings. The number of benzene rings is 1. The molecule has 1 amide bonds. The van der Waals surface area contributed by atoms with Crippen LogP contribution in [0.1, 0.15) is 22.1 Å². The van der Waals surface area contributed by atoms with E-state index in [0.29, 0.717) is 25.8 Å². The molecule has 0 N–H and O–H groups in total. The van der Waals surface area contributed by atoms with Crippen molar-refractivity contribution < 1.29 is 18.3 Å². The van der Waals surface area contributed by atoms with Gasteiger partial charge in [-0.2, -0.15) is 0 Å². The minimum atomic E-state index is -0.961. The van der Waals surface area contributed by atoms with Crippen LogP contribution < -0.4 is 0 Å². The van der Waals surface area contributed by atoms with Crippen LogP contribution in [0.25, 0.3) is 0 Å². The molecule has 2 heterocycles. The summed E-state index contributed by atoms with van der Waals surface area (Å²) in [5.41, 5.74) is 0.521. The Balaban J connectivity index is 1.98. The van der Waals surface area contributed by atoms with E-state index >= 15 is 0 Å². The Hall–Kier alpha value is -2.38. The number of carbonyl (C=O) groups excluding carboxylic acids is 1. The second-order valence-corrected chi connectivity index (χ2v) is 6.51. The van der Waals surface area contributed by atoms with Gasteiger partial charge in [-0.25, -0.2) is 13.8 Å². The first-order valence-electron chi connectivity index (χ1n) is 8.40. The predicted octanol–water partition coefficient (Wildman–Crippen LogP) is 2.50. The second kappa shape index (κ2) is 7.88. The molecular formula is C19H21F2N3O2. The van der Waals surface area contributed by atoms with Gasteiger partial charge in [0.25, 0.3) is 5.91 Å². The number of hydrogen-bond acceptors (Lipinski definition) is 4. The SMILES string of the molecule is CN(C)C[C@@H]1OCCN(C(=O)c2ncc(F)cc2F)[C@H]1c1ccccc1.